The highest BCUT2D eigenvalue weighted by atomic mass is 16.6. The Morgan fingerprint density at radius 3 is 2.60 bits per heavy atom. The lowest BCUT2D eigenvalue weighted by Gasteiger charge is -2.26. The van der Waals surface area contributed by atoms with Crippen LogP contribution in [0, 0.1) is 0 Å². The molecule has 6 heteroatoms. The molecule has 1 aromatic carbocycles. The predicted octanol–water partition coefficient (Wildman–Crippen LogP) is 1.20. The minimum atomic E-state index is -1.04. The van der Waals surface area contributed by atoms with E-state index in [-0.39, 0.29) is 6.04 Å². The van der Waals surface area contributed by atoms with E-state index in [9.17, 15) is 14.7 Å². The van der Waals surface area contributed by atoms with Crippen LogP contribution < -0.4 is 9.47 Å². The van der Waals surface area contributed by atoms with Gasteiger partial charge in [0.25, 0.3) is 0 Å². The molecule has 0 spiro atoms. The Morgan fingerprint density at radius 1 is 1.30 bits per heavy atom. The first-order valence-corrected chi connectivity index (χ1v) is 6.56. The molecule has 1 aliphatic carbocycles. The molecule has 0 saturated heterocycles. The molecular weight excluding hydrogens is 262 g/mol. The SMILES string of the molecule is O=CN(C1CC1)C(C(=O)O)c1ccc2c(c1)OCCO2. The van der Waals surface area contributed by atoms with Gasteiger partial charge in [-0.1, -0.05) is 6.07 Å². The first-order valence-electron chi connectivity index (χ1n) is 6.56. The number of hydrogen-bond acceptors (Lipinski definition) is 4. The predicted molar refractivity (Wildman–Crippen MR) is 68.7 cm³/mol. The number of ether oxygens (including phenoxy) is 2. The largest absolute Gasteiger partial charge is 0.486 e. The molecule has 1 N–H and O–H groups in total. The van der Waals surface area contributed by atoms with Crippen LogP contribution in [0.15, 0.2) is 18.2 Å². The van der Waals surface area contributed by atoms with E-state index in [0.29, 0.717) is 36.7 Å². The first-order chi connectivity index (χ1) is 9.70. The van der Waals surface area contributed by atoms with Crippen LogP contribution in [-0.4, -0.2) is 41.6 Å². The van der Waals surface area contributed by atoms with Crippen LogP contribution in [0.4, 0.5) is 0 Å². The molecule has 1 amide bonds. The summed E-state index contributed by atoms with van der Waals surface area (Å²) in [4.78, 5) is 24.1. The van der Waals surface area contributed by atoms with Gasteiger partial charge in [-0.15, -0.1) is 0 Å². The van der Waals surface area contributed by atoms with Crippen molar-refractivity contribution in [2.75, 3.05) is 13.2 Å². The Morgan fingerprint density at radius 2 is 2.00 bits per heavy atom. The number of hydrogen-bond donors (Lipinski definition) is 1. The summed E-state index contributed by atoms with van der Waals surface area (Å²) in [5.74, 6) is 0.0931. The molecule has 106 valence electrons. The Kier molecular flexibility index (Phi) is 3.22. The Balaban J connectivity index is 1.94. The highest BCUT2D eigenvalue weighted by molar-refractivity contribution is 5.79. The summed E-state index contributed by atoms with van der Waals surface area (Å²) in [5, 5.41) is 9.44. The molecule has 1 saturated carbocycles. The standard InChI is InChI=1S/C14H15NO5/c16-8-15(10-2-3-10)13(14(17)18)9-1-4-11-12(7-9)20-6-5-19-11/h1,4,7-8,10,13H,2-3,5-6H2,(H,17,18). The van der Waals surface area contributed by atoms with Crippen molar-refractivity contribution in [3.63, 3.8) is 0 Å². The van der Waals surface area contributed by atoms with Crippen LogP contribution in [0.5, 0.6) is 11.5 Å². The highest BCUT2D eigenvalue weighted by Gasteiger charge is 2.37. The topological polar surface area (TPSA) is 76.1 Å². The van der Waals surface area contributed by atoms with Crippen LogP contribution in [0.1, 0.15) is 24.4 Å². The number of carbonyl (C=O) groups is 2. The summed E-state index contributed by atoms with van der Waals surface area (Å²) < 4.78 is 10.9. The second-order valence-corrected chi connectivity index (χ2v) is 4.93. The molecule has 0 aromatic heterocycles. The Bertz CT molecular complexity index is 540. The van der Waals surface area contributed by atoms with E-state index in [1.165, 1.54) is 4.90 Å². The molecule has 2 aliphatic rings. The van der Waals surface area contributed by atoms with Gasteiger partial charge in [-0.3, -0.25) is 4.79 Å². The second-order valence-electron chi connectivity index (χ2n) is 4.93. The highest BCUT2D eigenvalue weighted by Crippen LogP contribution is 2.37. The van der Waals surface area contributed by atoms with Crippen molar-refractivity contribution < 1.29 is 24.2 Å². The number of carboxylic acids is 1. The molecule has 6 nitrogen and oxygen atoms in total. The summed E-state index contributed by atoms with van der Waals surface area (Å²) in [6, 6.07) is 4.06. The van der Waals surface area contributed by atoms with E-state index in [1.807, 2.05) is 0 Å². The molecule has 1 aliphatic heterocycles. The lowest BCUT2D eigenvalue weighted by molar-refractivity contribution is -0.147. The minimum absolute atomic E-state index is 0.0294. The first kappa shape index (κ1) is 12.8. The molecular formula is C14H15NO5. The molecule has 1 fully saturated rings. The van der Waals surface area contributed by atoms with Gasteiger partial charge in [-0.2, -0.15) is 0 Å². The number of amides is 1. The van der Waals surface area contributed by atoms with Gasteiger partial charge in [-0.25, -0.2) is 4.79 Å². The summed E-state index contributed by atoms with van der Waals surface area (Å²) in [7, 11) is 0. The van der Waals surface area contributed by atoms with E-state index < -0.39 is 12.0 Å². The van der Waals surface area contributed by atoms with Gasteiger partial charge < -0.3 is 19.5 Å². The van der Waals surface area contributed by atoms with Crippen LogP contribution in [0.25, 0.3) is 0 Å². The fraction of sp³-hybridized carbons (Fsp3) is 0.429. The molecule has 1 aromatic rings. The number of carbonyl (C=O) groups excluding carboxylic acids is 1. The zero-order chi connectivity index (χ0) is 14.1. The molecule has 1 atom stereocenters. The normalized spacial score (nSPS) is 18.2. The lowest BCUT2D eigenvalue weighted by atomic mass is 10.0. The Hall–Kier alpha value is -2.24. The number of rotatable bonds is 5. The van der Waals surface area contributed by atoms with Crippen molar-refractivity contribution in [1.29, 1.82) is 0 Å². The third kappa shape index (κ3) is 2.29. The maximum absolute atomic E-state index is 11.5. The number of benzene rings is 1. The molecule has 1 unspecified atom stereocenters. The average molecular weight is 277 g/mol. The Labute approximate surface area is 115 Å². The van der Waals surface area contributed by atoms with Gasteiger partial charge >= 0.3 is 5.97 Å². The van der Waals surface area contributed by atoms with E-state index in [2.05, 4.69) is 0 Å². The summed E-state index contributed by atoms with van der Waals surface area (Å²) in [6.07, 6.45) is 2.33. The van der Waals surface area contributed by atoms with Gasteiger partial charge in [-0.05, 0) is 30.5 Å². The maximum Gasteiger partial charge on any atom is 0.331 e. The van der Waals surface area contributed by atoms with Crippen molar-refractivity contribution >= 4 is 12.4 Å². The van der Waals surface area contributed by atoms with E-state index in [0.717, 1.165) is 12.8 Å². The summed E-state index contributed by atoms with van der Waals surface area (Å²) >= 11 is 0. The van der Waals surface area contributed by atoms with Crippen LogP contribution in [0.3, 0.4) is 0 Å². The molecule has 1 heterocycles. The summed E-state index contributed by atoms with van der Waals surface area (Å²) in [6.45, 7) is 0.922. The smallest absolute Gasteiger partial charge is 0.331 e. The van der Waals surface area contributed by atoms with Gasteiger partial charge in [0.1, 0.15) is 13.2 Å². The summed E-state index contributed by atoms with van der Waals surface area (Å²) in [5.41, 5.74) is 0.528. The van der Waals surface area contributed by atoms with Crippen molar-refractivity contribution in [3.05, 3.63) is 23.8 Å². The third-order valence-electron chi connectivity index (χ3n) is 3.50. The quantitative estimate of drug-likeness (QED) is 0.818. The van der Waals surface area contributed by atoms with Crippen LogP contribution >= 0.6 is 0 Å². The van der Waals surface area contributed by atoms with Gasteiger partial charge in [0.15, 0.2) is 17.5 Å². The maximum atomic E-state index is 11.5. The molecule has 3 rings (SSSR count). The molecule has 0 bridgehead atoms. The number of carboxylic acid groups (broad SMARTS) is 1. The van der Waals surface area contributed by atoms with Crippen molar-refractivity contribution in [3.8, 4) is 11.5 Å². The molecule has 20 heavy (non-hydrogen) atoms. The van der Waals surface area contributed by atoms with Crippen molar-refractivity contribution in [2.24, 2.45) is 0 Å². The van der Waals surface area contributed by atoms with Crippen molar-refractivity contribution in [2.45, 2.75) is 24.9 Å². The van der Waals surface area contributed by atoms with Crippen LogP contribution in [-0.2, 0) is 9.59 Å². The van der Waals surface area contributed by atoms with Gasteiger partial charge in [0.2, 0.25) is 6.41 Å². The van der Waals surface area contributed by atoms with Gasteiger partial charge in [0, 0.05) is 6.04 Å². The zero-order valence-corrected chi connectivity index (χ0v) is 10.8. The third-order valence-corrected chi connectivity index (χ3v) is 3.50. The minimum Gasteiger partial charge on any atom is -0.486 e. The monoisotopic (exact) mass is 277 g/mol. The van der Waals surface area contributed by atoms with E-state index in [4.69, 9.17) is 9.47 Å². The number of fused-ring (bicyclic) bond motifs is 1. The van der Waals surface area contributed by atoms with E-state index >= 15 is 0 Å². The second kappa shape index (κ2) is 5.03. The number of aliphatic carboxylic acids is 1. The van der Waals surface area contributed by atoms with Crippen LogP contribution in [0.2, 0.25) is 0 Å². The van der Waals surface area contributed by atoms with Crippen molar-refractivity contribution in [1.82, 2.24) is 4.90 Å². The fourth-order valence-corrected chi connectivity index (χ4v) is 2.40. The number of nitrogens with zero attached hydrogens (tertiary/aromatic N) is 1. The fourth-order valence-electron chi connectivity index (χ4n) is 2.40. The zero-order valence-electron chi connectivity index (χ0n) is 10.8. The lowest BCUT2D eigenvalue weighted by Crippen LogP contribution is -2.34. The molecule has 0 radical (unpaired) electrons. The average Bonchev–Trinajstić information content (AvgIpc) is 3.28. The van der Waals surface area contributed by atoms with Gasteiger partial charge in [0.05, 0.1) is 0 Å². The van der Waals surface area contributed by atoms with E-state index in [1.54, 1.807) is 18.2 Å².